The Labute approximate surface area is 220 Å². The molecular weight excluding hydrogens is 462 g/mol. The molecular formula is C30H41N5O2. The molecule has 1 aromatic carbocycles. The normalized spacial score (nSPS) is 18.5. The lowest BCUT2D eigenvalue weighted by molar-refractivity contribution is 0.0608. The molecule has 0 bridgehead atoms. The molecule has 0 saturated carbocycles. The van der Waals surface area contributed by atoms with E-state index in [0.29, 0.717) is 18.2 Å². The van der Waals surface area contributed by atoms with Crippen LogP contribution in [-0.4, -0.2) is 69.1 Å². The number of piperidine rings is 1. The Morgan fingerprint density at radius 3 is 2.51 bits per heavy atom. The van der Waals surface area contributed by atoms with Crippen LogP contribution < -0.4 is 4.74 Å². The quantitative estimate of drug-likeness (QED) is 0.328. The number of fused-ring (bicyclic) bond motifs is 1. The number of rotatable bonds is 10. The Balaban J connectivity index is 1.42. The van der Waals surface area contributed by atoms with Crippen LogP contribution in [0.1, 0.15) is 75.6 Å². The predicted octanol–water partition coefficient (Wildman–Crippen LogP) is 5.78. The molecule has 0 N–H and O–H groups in total. The van der Waals surface area contributed by atoms with Gasteiger partial charge in [-0.05, 0) is 108 Å². The molecule has 2 saturated heterocycles. The summed E-state index contributed by atoms with van der Waals surface area (Å²) in [6, 6.07) is 10.4. The van der Waals surface area contributed by atoms with Crippen LogP contribution in [0.3, 0.4) is 0 Å². The molecule has 0 aliphatic carbocycles. The number of hydrogen-bond donors (Lipinski definition) is 0. The van der Waals surface area contributed by atoms with Crippen LogP contribution in [0.15, 0.2) is 36.5 Å². The van der Waals surface area contributed by atoms with Crippen molar-refractivity contribution in [2.75, 3.05) is 32.8 Å². The number of likely N-dealkylation sites (tertiary alicyclic amines) is 2. The summed E-state index contributed by atoms with van der Waals surface area (Å²) in [5, 5.41) is 0. The summed E-state index contributed by atoms with van der Waals surface area (Å²) in [7, 11) is 0. The van der Waals surface area contributed by atoms with Crippen molar-refractivity contribution in [1.29, 1.82) is 0 Å². The van der Waals surface area contributed by atoms with Gasteiger partial charge in [-0.2, -0.15) is 0 Å². The predicted molar refractivity (Wildman–Crippen MR) is 148 cm³/mol. The molecule has 198 valence electrons. The van der Waals surface area contributed by atoms with Gasteiger partial charge in [-0.1, -0.05) is 6.92 Å². The van der Waals surface area contributed by atoms with Gasteiger partial charge in [-0.3, -0.25) is 4.79 Å². The van der Waals surface area contributed by atoms with Crippen LogP contribution in [0.5, 0.6) is 5.75 Å². The smallest absolute Gasteiger partial charge is 0.255 e. The number of unbranched alkanes of at least 4 members (excludes halogenated alkanes) is 1. The molecule has 7 nitrogen and oxygen atoms in total. The zero-order valence-corrected chi connectivity index (χ0v) is 22.5. The zero-order chi connectivity index (χ0) is 25.6. The van der Waals surface area contributed by atoms with E-state index in [-0.39, 0.29) is 5.91 Å². The van der Waals surface area contributed by atoms with Crippen LogP contribution in [-0.2, 0) is 6.54 Å². The number of aryl methyl sites for hydroxylation is 1. The monoisotopic (exact) mass is 503 g/mol. The molecule has 0 radical (unpaired) electrons. The van der Waals surface area contributed by atoms with Gasteiger partial charge in [0.1, 0.15) is 17.1 Å². The Bertz CT molecular complexity index is 1180. The third kappa shape index (κ3) is 5.82. The van der Waals surface area contributed by atoms with Gasteiger partial charge in [-0.15, -0.1) is 0 Å². The lowest BCUT2D eigenvalue weighted by Gasteiger charge is -2.35. The van der Waals surface area contributed by atoms with E-state index in [2.05, 4.69) is 33.4 Å². The highest BCUT2D eigenvalue weighted by Crippen LogP contribution is 2.28. The van der Waals surface area contributed by atoms with Crippen LogP contribution in [0, 0.1) is 0 Å². The molecule has 0 spiro atoms. The summed E-state index contributed by atoms with van der Waals surface area (Å²) in [4.78, 5) is 27.9. The van der Waals surface area contributed by atoms with Crippen molar-refractivity contribution in [3.63, 3.8) is 0 Å². The molecule has 1 atom stereocenters. The van der Waals surface area contributed by atoms with E-state index in [1.165, 1.54) is 32.4 Å². The van der Waals surface area contributed by atoms with Crippen LogP contribution in [0.25, 0.3) is 22.6 Å². The molecule has 2 aliphatic rings. The van der Waals surface area contributed by atoms with Crippen LogP contribution in [0.4, 0.5) is 0 Å². The van der Waals surface area contributed by atoms with Crippen molar-refractivity contribution in [2.45, 2.75) is 77.8 Å². The van der Waals surface area contributed by atoms with E-state index in [9.17, 15) is 4.79 Å². The van der Waals surface area contributed by atoms with Gasteiger partial charge in [0, 0.05) is 30.9 Å². The number of benzene rings is 1. The first kappa shape index (κ1) is 25.7. The Hall–Kier alpha value is -2.93. The number of hydrogen-bond acceptors (Lipinski definition) is 5. The van der Waals surface area contributed by atoms with E-state index in [4.69, 9.17) is 14.7 Å². The van der Waals surface area contributed by atoms with Gasteiger partial charge in [0.2, 0.25) is 0 Å². The fourth-order valence-corrected chi connectivity index (χ4v) is 5.90. The van der Waals surface area contributed by atoms with Gasteiger partial charge in [-0.25, -0.2) is 9.97 Å². The molecule has 37 heavy (non-hydrogen) atoms. The minimum atomic E-state index is 0.0868. The number of ether oxygens (including phenoxy) is 1. The summed E-state index contributed by atoms with van der Waals surface area (Å²) in [5.41, 5.74) is 3.33. The molecule has 1 unspecified atom stereocenters. The zero-order valence-electron chi connectivity index (χ0n) is 22.5. The standard InChI is InChI=1S/C30H41N5O2/c1-3-25-11-5-6-19-34(25)30(36)24-21-27-29(31-22-24)35(20-10-9-18-33-16-7-8-17-33)28(32-27)23-12-14-26(15-13-23)37-4-2/h12-15,21-22,25H,3-11,16-20H2,1-2H3. The second kappa shape index (κ2) is 12.1. The van der Waals surface area contributed by atoms with Crippen LogP contribution in [0.2, 0.25) is 0 Å². The van der Waals surface area contributed by atoms with Gasteiger partial charge >= 0.3 is 0 Å². The molecule has 3 aromatic rings. The SMILES string of the molecule is CCOc1ccc(-c2nc3cc(C(=O)N4CCCCC4CC)cnc3n2CCCCN2CCCC2)cc1. The van der Waals surface area contributed by atoms with E-state index in [0.717, 1.165) is 80.0 Å². The number of imidazole rings is 1. The third-order valence-electron chi connectivity index (χ3n) is 7.92. The fourth-order valence-electron chi connectivity index (χ4n) is 5.90. The molecule has 1 amide bonds. The van der Waals surface area contributed by atoms with E-state index in [1.807, 2.05) is 25.1 Å². The Morgan fingerprint density at radius 2 is 1.76 bits per heavy atom. The number of amides is 1. The maximum absolute atomic E-state index is 13.4. The van der Waals surface area contributed by atoms with Crippen LogP contribution >= 0.6 is 0 Å². The van der Waals surface area contributed by atoms with E-state index in [1.54, 1.807) is 6.20 Å². The van der Waals surface area contributed by atoms with E-state index < -0.39 is 0 Å². The molecule has 5 rings (SSSR count). The van der Waals surface area contributed by atoms with E-state index >= 15 is 0 Å². The Morgan fingerprint density at radius 1 is 1.00 bits per heavy atom. The molecule has 2 fully saturated rings. The summed E-state index contributed by atoms with van der Waals surface area (Å²) in [5.74, 6) is 1.85. The summed E-state index contributed by atoms with van der Waals surface area (Å²) in [6.07, 6.45) is 11.0. The fraction of sp³-hybridized carbons (Fsp3) is 0.567. The van der Waals surface area contributed by atoms with Gasteiger partial charge in [0.05, 0.1) is 12.2 Å². The highest BCUT2D eigenvalue weighted by molar-refractivity contribution is 5.97. The molecule has 7 heteroatoms. The number of aromatic nitrogens is 3. The summed E-state index contributed by atoms with van der Waals surface area (Å²) < 4.78 is 7.88. The molecule has 4 heterocycles. The molecule has 2 aliphatic heterocycles. The highest BCUT2D eigenvalue weighted by Gasteiger charge is 2.27. The van der Waals surface area contributed by atoms with Gasteiger partial charge in [0.15, 0.2) is 5.65 Å². The first-order chi connectivity index (χ1) is 18.2. The second-order valence-corrected chi connectivity index (χ2v) is 10.4. The van der Waals surface area contributed by atoms with Crippen molar-refractivity contribution >= 4 is 17.1 Å². The minimum Gasteiger partial charge on any atom is -0.494 e. The Kier molecular flexibility index (Phi) is 8.39. The van der Waals surface area contributed by atoms with Gasteiger partial charge < -0.3 is 19.1 Å². The number of nitrogens with zero attached hydrogens (tertiary/aromatic N) is 5. The maximum Gasteiger partial charge on any atom is 0.255 e. The topological polar surface area (TPSA) is 63.5 Å². The number of pyridine rings is 1. The number of carbonyl (C=O) groups excluding carboxylic acids is 1. The summed E-state index contributed by atoms with van der Waals surface area (Å²) >= 11 is 0. The lowest BCUT2D eigenvalue weighted by Crippen LogP contribution is -2.43. The average Bonchev–Trinajstić information content (AvgIpc) is 3.59. The van der Waals surface area contributed by atoms with Crippen molar-refractivity contribution in [3.05, 3.63) is 42.1 Å². The van der Waals surface area contributed by atoms with Crippen molar-refractivity contribution in [2.24, 2.45) is 0 Å². The lowest BCUT2D eigenvalue weighted by atomic mass is 9.99. The first-order valence-corrected chi connectivity index (χ1v) is 14.3. The van der Waals surface area contributed by atoms with Crippen molar-refractivity contribution in [1.82, 2.24) is 24.3 Å². The van der Waals surface area contributed by atoms with Crippen molar-refractivity contribution < 1.29 is 9.53 Å². The maximum atomic E-state index is 13.4. The summed E-state index contributed by atoms with van der Waals surface area (Å²) in [6.45, 7) is 10.1. The van der Waals surface area contributed by atoms with Gasteiger partial charge in [0.25, 0.3) is 5.91 Å². The average molecular weight is 504 g/mol. The highest BCUT2D eigenvalue weighted by atomic mass is 16.5. The number of carbonyl (C=O) groups is 1. The third-order valence-corrected chi connectivity index (χ3v) is 7.92. The molecule has 2 aromatic heterocycles. The largest absolute Gasteiger partial charge is 0.494 e. The minimum absolute atomic E-state index is 0.0868. The first-order valence-electron chi connectivity index (χ1n) is 14.3. The van der Waals surface area contributed by atoms with Crippen molar-refractivity contribution in [3.8, 4) is 17.1 Å². The second-order valence-electron chi connectivity index (χ2n) is 10.4.